The Bertz CT molecular complexity index is 851. The molecule has 0 saturated carbocycles. The van der Waals surface area contributed by atoms with E-state index in [0.29, 0.717) is 13.2 Å². The highest BCUT2D eigenvalue weighted by Gasteiger charge is 2.40. The van der Waals surface area contributed by atoms with E-state index in [-0.39, 0.29) is 18.2 Å². The van der Waals surface area contributed by atoms with E-state index in [2.05, 4.69) is 11.2 Å². The van der Waals surface area contributed by atoms with E-state index in [4.69, 9.17) is 9.47 Å². The SMILES string of the molecule is CC(C)(C)OC(=O)N1C2C=C(c3cnn(-c4ccccc4)c3)CC1COC2. The van der Waals surface area contributed by atoms with Crippen molar-refractivity contribution in [3.05, 3.63) is 54.4 Å². The molecule has 6 nitrogen and oxygen atoms in total. The lowest BCUT2D eigenvalue weighted by molar-refractivity contribution is -0.0510. The molecule has 2 atom stereocenters. The average molecular weight is 367 g/mol. The Morgan fingerprint density at radius 1 is 1.22 bits per heavy atom. The van der Waals surface area contributed by atoms with Crippen LogP contribution in [-0.2, 0) is 9.47 Å². The van der Waals surface area contributed by atoms with Crippen molar-refractivity contribution in [3.8, 4) is 5.69 Å². The van der Waals surface area contributed by atoms with Crippen molar-refractivity contribution >= 4 is 11.7 Å². The van der Waals surface area contributed by atoms with Crippen LogP contribution in [0.2, 0.25) is 0 Å². The summed E-state index contributed by atoms with van der Waals surface area (Å²) >= 11 is 0. The third kappa shape index (κ3) is 3.76. The lowest BCUT2D eigenvalue weighted by Crippen LogP contribution is -2.57. The van der Waals surface area contributed by atoms with Gasteiger partial charge in [0.05, 0.1) is 37.2 Å². The van der Waals surface area contributed by atoms with Gasteiger partial charge in [-0.15, -0.1) is 0 Å². The topological polar surface area (TPSA) is 56.6 Å². The molecule has 0 radical (unpaired) electrons. The Kier molecular flexibility index (Phi) is 4.52. The Hall–Kier alpha value is -2.60. The maximum absolute atomic E-state index is 12.7. The second-order valence-electron chi connectivity index (χ2n) is 8.05. The molecule has 2 aromatic rings. The van der Waals surface area contributed by atoms with Crippen LogP contribution in [-0.4, -0.2) is 51.7 Å². The number of carbonyl (C=O) groups excluding carboxylic acids is 1. The molecule has 142 valence electrons. The van der Waals surface area contributed by atoms with Crippen molar-refractivity contribution in [2.24, 2.45) is 0 Å². The van der Waals surface area contributed by atoms with Crippen molar-refractivity contribution < 1.29 is 14.3 Å². The molecule has 0 N–H and O–H groups in total. The van der Waals surface area contributed by atoms with Crippen LogP contribution in [0.1, 0.15) is 32.8 Å². The number of benzene rings is 1. The van der Waals surface area contributed by atoms with E-state index < -0.39 is 5.60 Å². The van der Waals surface area contributed by atoms with Crippen LogP contribution in [0.3, 0.4) is 0 Å². The van der Waals surface area contributed by atoms with Gasteiger partial charge in [-0.25, -0.2) is 9.48 Å². The first-order chi connectivity index (χ1) is 12.9. The second-order valence-corrected chi connectivity index (χ2v) is 8.05. The molecule has 3 heterocycles. The third-order valence-corrected chi connectivity index (χ3v) is 4.78. The van der Waals surface area contributed by atoms with Gasteiger partial charge in [-0.05, 0) is 44.9 Å². The lowest BCUT2D eigenvalue weighted by atomic mass is 9.91. The summed E-state index contributed by atoms with van der Waals surface area (Å²) in [4.78, 5) is 14.5. The minimum Gasteiger partial charge on any atom is -0.444 e. The Balaban J connectivity index is 1.58. The molecule has 2 aliphatic rings. The predicted octanol–water partition coefficient (Wildman–Crippen LogP) is 3.66. The lowest BCUT2D eigenvalue weighted by Gasteiger charge is -2.44. The number of amides is 1. The normalized spacial score (nSPS) is 22.3. The zero-order chi connectivity index (χ0) is 19.0. The van der Waals surface area contributed by atoms with Crippen LogP contribution in [0.4, 0.5) is 4.79 Å². The van der Waals surface area contributed by atoms with Gasteiger partial charge < -0.3 is 9.47 Å². The standard InChI is InChI=1S/C21H25N3O3/c1-21(2,3)27-20(25)24-18-9-15(10-19(24)14-26-13-18)16-11-22-23(12-16)17-7-5-4-6-8-17/h4-9,11-12,18-19H,10,13-14H2,1-3H3. The first-order valence-corrected chi connectivity index (χ1v) is 9.31. The molecule has 1 saturated heterocycles. The molecule has 1 amide bonds. The Labute approximate surface area is 159 Å². The van der Waals surface area contributed by atoms with E-state index in [1.165, 1.54) is 5.57 Å². The summed E-state index contributed by atoms with van der Waals surface area (Å²) in [6.07, 6.45) is 6.51. The maximum atomic E-state index is 12.7. The third-order valence-electron chi connectivity index (χ3n) is 4.78. The van der Waals surface area contributed by atoms with E-state index in [1.54, 1.807) is 0 Å². The molecule has 4 rings (SSSR count). The number of nitrogens with zero attached hydrogens (tertiary/aromatic N) is 3. The molecule has 27 heavy (non-hydrogen) atoms. The Morgan fingerprint density at radius 3 is 2.70 bits per heavy atom. The smallest absolute Gasteiger partial charge is 0.411 e. The predicted molar refractivity (Wildman–Crippen MR) is 103 cm³/mol. The molecule has 6 heteroatoms. The number of hydrogen-bond acceptors (Lipinski definition) is 4. The molecular formula is C21H25N3O3. The summed E-state index contributed by atoms with van der Waals surface area (Å²) in [5.74, 6) is 0. The van der Waals surface area contributed by atoms with E-state index in [1.807, 2.05) is 73.1 Å². The zero-order valence-electron chi connectivity index (χ0n) is 16.0. The summed E-state index contributed by atoms with van der Waals surface area (Å²) in [6, 6.07) is 9.91. The van der Waals surface area contributed by atoms with Crippen molar-refractivity contribution in [2.75, 3.05) is 13.2 Å². The quantitative estimate of drug-likeness (QED) is 0.813. The fourth-order valence-corrected chi connectivity index (χ4v) is 3.62. The fraction of sp³-hybridized carbons (Fsp3) is 0.429. The largest absolute Gasteiger partial charge is 0.444 e. The number of fused-ring (bicyclic) bond motifs is 2. The number of ether oxygens (including phenoxy) is 2. The molecule has 2 unspecified atom stereocenters. The van der Waals surface area contributed by atoms with Gasteiger partial charge in [0.2, 0.25) is 0 Å². The monoisotopic (exact) mass is 367 g/mol. The van der Waals surface area contributed by atoms with Crippen LogP contribution in [0.5, 0.6) is 0 Å². The van der Waals surface area contributed by atoms with Crippen molar-refractivity contribution in [3.63, 3.8) is 0 Å². The van der Waals surface area contributed by atoms with Gasteiger partial charge in [0.25, 0.3) is 0 Å². The van der Waals surface area contributed by atoms with Gasteiger partial charge in [0, 0.05) is 11.8 Å². The highest BCUT2D eigenvalue weighted by molar-refractivity contribution is 5.74. The van der Waals surface area contributed by atoms with Crippen molar-refractivity contribution in [1.82, 2.24) is 14.7 Å². The molecule has 0 aliphatic carbocycles. The number of aromatic nitrogens is 2. The summed E-state index contributed by atoms with van der Waals surface area (Å²) in [7, 11) is 0. The van der Waals surface area contributed by atoms with Gasteiger partial charge in [-0.3, -0.25) is 4.90 Å². The average Bonchev–Trinajstić information content (AvgIpc) is 3.10. The van der Waals surface area contributed by atoms with Gasteiger partial charge in [0.1, 0.15) is 5.60 Å². The highest BCUT2D eigenvalue weighted by atomic mass is 16.6. The van der Waals surface area contributed by atoms with Crippen LogP contribution in [0.25, 0.3) is 11.3 Å². The number of rotatable bonds is 2. The van der Waals surface area contributed by atoms with Crippen LogP contribution >= 0.6 is 0 Å². The fourth-order valence-electron chi connectivity index (χ4n) is 3.62. The minimum absolute atomic E-state index is 0.0151. The molecule has 0 spiro atoms. The highest BCUT2D eigenvalue weighted by Crippen LogP contribution is 2.33. The summed E-state index contributed by atoms with van der Waals surface area (Å²) in [5, 5.41) is 4.50. The van der Waals surface area contributed by atoms with Crippen molar-refractivity contribution in [2.45, 2.75) is 44.9 Å². The van der Waals surface area contributed by atoms with Crippen LogP contribution in [0.15, 0.2) is 48.8 Å². The van der Waals surface area contributed by atoms with E-state index in [9.17, 15) is 4.79 Å². The number of morpholine rings is 1. The molecular weight excluding hydrogens is 342 g/mol. The summed E-state index contributed by atoms with van der Waals surface area (Å²) in [5.41, 5.74) is 2.81. The first-order valence-electron chi connectivity index (χ1n) is 9.31. The second kappa shape index (κ2) is 6.85. The maximum Gasteiger partial charge on any atom is 0.411 e. The molecule has 2 bridgehead atoms. The molecule has 1 aromatic heterocycles. The van der Waals surface area contributed by atoms with E-state index in [0.717, 1.165) is 17.7 Å². The number of hydrogen-bond donors (Lipinski definition) is 0. The van der Waals surface area contributed by atoms with Crippen LogP contribution in [0, 0.1) is 0 Å². The van der Waals surface area contributed by atoms with Gasteiger partial charge in [-0.1, -0.05) is 24.3 Å². The minimum atomic E-state index is -0.507. The van der Waals surface area contributed by atoms with Gasteiger partial charge >= 0.3 is 6.09 Å². The van der Waals surface area contributed by atoms with Gasteiger partial charge in [0.15, 0.2) is 0 Å². The number of para-hydroxylation sites is 1. The first kappa shape index (κ1) is 17.8. The summed E-state index contributed by atoms with van der Waals surface area (Å²) in [6.45, 7) is 6.69. The van der Waals surface area contributed by atoms with Crippen LogP contribution < -0.4 is 0 Å². The van der Waals surface area contributed by atoms with Crippen molar-refractivity contribution in [1.29, 1.82) is 0 Å². The molecule has 2 aliphatic heterocycles. The van der Waals surface area contributed by atoms with E-state index >= 15 is 0 Å². The molecule has 1 aromatic carbocycles. The molecule has 1 fully saturated rings. The summed E-state index contributed by atoms with van der Waals surface area (Å²) < 4.78 is 13.2. The Morgan fingerprint density at radius 2 is 2.00 bits per heavy atom. The number of carbonyl (C=O) groups is 1. The van der Waals surface area contributed by atoms with Gasteiger partial charge in [-0.2, -0.15) is 5.10 Å². The zero-order valence-corrected chi connectivity index (χ0v) is 16.0.